The normalized spacial score (nSPS) is 25.1. The van der Waals surface area contributed by atoms with Gasteiger partial charge >= 0.3 is 0 Å². The van der Waals surface area contributed by atoms with Crippen LogP contribution in [-0.2, 0) is 0 Å². The van der Waals surface area contributed by atoms with Crippen LogP contribution >= 0.6 is 0 Å². The van der Waals surface area contributed by atoms with Crippen molar-refractivity contribution in [1.29, 1.82) is 0 Å². The van der Waals surface area contributed by atoms with E-state index < -0.39 is 0 Å². The summed E-state index contributed by atoms with van der Waals surface area (Å²) in [5.74, 6) is 0. The Balaban J connectivity index is 2.06. The van der Waals surface area contributed by atoms with Gasteiger partial charge in [-0.1, -0.05) is 6.55 Å². The quantitative estimate of drug-likeness (QED) is 0.465. The van der Waals surface area contributed by atoms with E-state index in [2.05, 4.69) is 11.1 Å². The third kappa shape index (κ3) is 1.72. The molecule has 1 fully saturated rings. The van der Waals surface area contributed by atoms with Gasteiger partial charge in [-0.3, -0.25) is 0 Å². The van der Waals surface area contributed by atoms with E-state index >= 15 is 0 Å². The Hall–Kier alpha value is 0.394. The molecule has 0 aliphatic carbocycles. The summed E-state index contributed by atoms with van der Waals surface area (Å²) < 4.78 is 2.74. The van der Waals surface area contributed by atoms with Gasteiger partial charge in [0.05, 0.1) is 9.20 Å². The van der Waals surface area contributed by atoms with Crippen LogP contribution < -0.4 is 0 Å². The third-order valence-corrected chi connectivity index (χ3v) is 6.69. The molecule has 1 saturated heterocycles. The van der Waals surface area contributed by atoms with Gasteiger partial charge in [0.15, 0.2) is 0 Å². The molecule has 0 N–H and O–H groups in total. The van der Waals surface area contributed by atoms with Gasteiger partial charge < -0.3 is 4.57 Å². The van der Waals surface area contributed by atoms with Crippen molar-refractivity contribution < 1.29 is 0 Å². The highest BCUT2D eigenvalue weighted by Crippen LogP contribution is 2.03. The molecule has 0 aromatic carbocycles. The molecule has 1 heterocycles. The van der Waals surface area contributed by atoms with E-state index in [1.54, 1.807) is 0 Å². The summed E-state index contributed by atoms with van der Waals surface area (Å²) in [6.07, 6.45) is 2.98. The topological polar surface area (TPSA) is 3.24 Å². The SMILES string of the molecule is C[SiH2][SiH2]N1CCCC1. The lowest BCUT2D eigenvalue weighted by Crippen LogP contribution is -2.27. The zero-order valence-electron chi connectivity index (χ0n) is 5.69. The van der Waals surface area contributed by atoms with Gasteiger partial charge in [0.25, 0.3) is 0 Å². The maximum Gasteiger partial charge on any atom is 0.0791 e. The molecular weight excluding hydrogens is 130 g/mol. The molecule has 0 atom stereocenters. The van der Waals surface area contributed by atoms with Crippen molar-refractivity contribution in [3.8, 4) is 0 Å². The first-order valence-corrected chi connectivity index (χ1v) is 9.70. The maximum atomic E-state index is 2.74. The van der Waals surface area contributed by atoms with Gasteiger partial charge in [0.2, 0.25) is 0 Å². The largest absolute Gasteiger partial charge is 0.332 e. The fourth-order valence-corrected chi connectivity index (χ4v) is 6.09. The molecule has 3 heteroatoms. The molecule has 1 rings (SSSR count). The van der Waals surface area contributed by atoms with Crippen LogP contribution in [0.1, 0.15) is 12.8 Å². The molecule has 0 saturated carbocycles. The van der Waals surface area contributed by atoms with Crippen LogP contribution in [0.5, 0.6) is 0 Å². The predicted molar refractivity (Wildman–Crippen MR) is 43.8 cm³/mol. The molecule has 0 spiro atoms. The minimum atomic E-state index is 0.370. The molecule has 1 aliphatic rings. The van der Waals surface area contributed by atoms with E-state index in [4.69, 9.17) is 0 Å². The minimum Gasteiger partial charge on any atom is -0.332 e. The van der Waals surface area contributed by atoms with E-state index in [1.807, 2.05) is 0 Å². The van der Waals surface area contributed by atoms with E-state index in [0.717, 1.165) is 0 Å². The summed E-state index contributed by atoms with van der Waals surface area (Å²) >= 11 is 0. The summed E-state index contributed by atoms with van der Waals surface area (Å²) in [5.41, 5.74) is 0. The molecule has 0 bridgehead atoms. The lowest BCUT2D eigenvalue weighted by Gasteiger charge is -2.10. The Morgan fingerprint density at radius 1 is 1.25 bits per heavy atom. The molecule has 0 amide bonds. The highest BCUT2D eigenvalue weighted by Gasteiger charge is 2.08. The zero-order chi connectivity index (χ0) is 5.82. The van der Waals surface area contributed by atoms with E-state index in [9.17, 15) is 0 Å². The molecular formula is C5H15NSi2. The molecule has 0 radical (unpaired) electrons. The first kappa shape index (κ1) is 6.51. The Morgan fingerprint density at radius 3 is 2.38 bits per heavy atom. The van der Waals surface area contributed by atoms with Crippen LogP contribution in [0.2, 0.25) is 6.55 Å². The van der Waals surface area contributed by atoms with Crippen LogP contribution in [0.25, 0.3) is 0 Å². The first-order chi connectivity index (χ1) is 3.93. The first-order valence-electron chi connectivity index (χ1n) is 3.66. The molecule has 1 aliphatic heterocycles. The number of nitrogens with zero attached hydrogens (tertiary/aromatic N) is 1. The van der Waals surface area contributed by atoms with Crippen molar-refractivity contribution in [2.45, 2.75) is 19.4 Å². The average Bonchev–Trinajstić information content (AvgIpc) is 2.19. The molecule has 8 heavy (non-hydrogen) atoms. The van der Waals surface area contributed by atoms with Gasteiger partial charge in [-0.2, -0.15) is 0 Å². The van der Waals surface area contributed by atoms with Gasteiger partial charge in [-0.15, -0.1) is 0 Å². The predicted octanol–water partition coefficient (Wildman–Crippen LogP) is -0.702. The van der Waals surface area contributed by atoms with Crippen LogP contribution in [0.4, 0.5) is 0 Å². The maximum absolute atomic E-state index is 2.74. The standard InChI is InChI=1S/C5H15NSi2/c1-7-8-6-4-2-3-5-6/h2-5,7-8H2,1H3. The second-order valence-corrected chi connectivity index (χ2v) is 9.23. The summed E-state index contributed by atoms with van der Waals surface area (Å²) in [6, 6.07) is 0. The van der Waals surface area contributed by atoms with E-state index in [-0.39, 0.29) is 0 Å². The molecule has 0 aromatic heterocycles. The van der Waals surface area contributed by atoms with Gasteiger partial charge in [-0.25, -0.2) is 0 Å². The van der Waals surface area contributed by atoms with Crippen molar-refractivity contribution in [1.82, 2.24) is 4.57 Å². The summed E-state index contributed by atoms with van der Waals surface area (Å²) in [6.45, 7) is 5.35. The number of rotatable bonds is 2. The Morgan fingerprint density at radius 2 is 1.88 bits per heavy atom. The van der Waals surface area contributed by atoms with Crippen molar-refractivity contribution in [2.24, 2.45) is 0 Å². The fraction of sp³-hybridized carbons (Fsp3) is 1.00. The minimum absolute atomic E-state index is 0.370. The molecule has 0 unspecified atom stereocenters. The molecule has 0 aromatic rings. The zero-order valence-corrected chi connectivity index (χ0v) is 8.52. The second-order valence-electron chi connectivity index (χ2n) is 2.55. The summed E-state index contributed by atoms with van der Waals surface area (Å²) in [5, 5.41) is 0. The Labute approximate surface area is 56.0 Å². The molecule has 1 nitrogen and oxygen atoms in total. The Bertz CT molecular complexity index is 61.4. The van der Waals surface area contributed by atoms with Crippen molar-refractivity contribution in [2.75, 3.05) is 13.1 Å². The lowest BCUT2D eigenvalue weighted by molar-refractivity contribution is 0.560. The van der Waals surface area contributed by atoms with E-state index in [0.29, 0.717) is 18.2 Å². The highest BCUT2D eigenvalue weighted by molar-refractivity contribution is 6.98. The Kier molecular flexibility index (Phi) is 2.79. The van der Waals surface area contributed by atoms with Gasteiger partial charge in [0.1, 0.15) is 0 Å². The fourth-order valence-electron chi connectivity index (χ4n) is 1.32. The van der Waals surface area contributed by atoms with Crippen molar-refractivity contribution in [3.05, 3.63) is 0 Å². The smallest absolute Gasteiger partial charge is 0.0791 e. The van der Waals surface area contributed by atoms with E-state index in [1.165, 1.54) is 25.9 Å². The summed E-state index contributed by atoms with van der Waals surface area (Å²) in [4.78, 5) is 0. The number of hydrogen-bond donors (Lipinski definition) is 0. The monoisotopic (exact) mass is 145 g/mol. The van der Waals surface area contributed by atoms with Crippen molar-refractivity contribution in [3.63, 3.8) is 0 Å². The van der Waals surface area contributed by atoms with Crippen molar-refractivity contribution >= 4 is 18.2 Å². The average molecular weight is 145 g/mol. The highest BCUT2D eigenvalue weighted by atomic mass is 29.1. The molecule has 48 valence electrons. The second kappa shape index (κ2) is 3.43. The van der Waals surface area contributed by atoms with Crippen LogP contribution in [0.15, 0.2) is 0 Å². The van der Waals surface area contributed by atoms with Crippen LogP contribution in [0, 0.1) is 0 Å². The number of hydrogen-bond acceptors (Lipinski definition) is 1. The van der Waals surface area contributed by atoms with Crippen LogP contribution in [0.3, 0.4) is 0 Å². The van der Waals surface area contributed by atoms with Gasteiger partial charge in [0, 0.05) is 9.04 Å². The van der Waals surface area contributed by atoms with Crippen LogP contribution in [-0.4, -0.2) is 35.9 Å². The summed E-state index contributed by atoms with van der Waals surface area (Å²) in [7, 11) is 0.820. The third-order valence-electron chi connectivity index (χ3n) is 1.74. The lowest BCUT2D eigenvalue weighted by atomic mass is 10.4. The van der Waals surface area contributed by atoms with Gasteiger partial charge in [-0.05, 0) is 25.9 Å².